The van der Waals surface area contributed by atoms with Crippen LogP contribution in [-0.2, 0) is 4.79 Å². The Morgan fingerprint density at radius 3 is 0.892 bits per heavy atom. The van der Waals surface area contributed by atoms with E-state index in [0.29, 0.717) is 12.8 Å². The Kier molecular flexibility index (Phi) is 54.9. The summed E-state index contributed by atoms with van der Waals surface area (Å²) in [6.07, 6.45) is 69.6. The van der Waals surface area contributed by atoms with E-state index in [0.717, 1.165) is 25.7 Å². The molecule has 0 rings (SSSR count). The molecular weight excluding hydrogens is 799 g/mol. The zero-order valence-electron chi connectivity index (χ0n) is 44.4. The summed E-state index contributed by atoms with van der Waals surface area (Å²) in [6, 6.07) is -0.656. The smallest absolute Gasteiger partial charge is 0.222 e. The fraction of sp³-hybridized carbons (Fsp3) is 0.950. The Labute approximate surface area is 408 Å². The lowest BCUT2D eigenvalue weighted by Crippen LogP contribution is -2.46. The van der Waals surface area contributed by atoms with E-state index in [9.17, 15) is 20.1 Å². The highest BCUT2D eigenvalue weighted by Crippen LogP contribution is 2.18. The number of nitrogens with one attached hydrogen (secondary N) is 1. The van der Waals surface area contributed by atoms with Crippen molar-refractivity contribution >= 4 is 5.91 Å². The van der Waals surface area contributed by atoms with E-state index in [1.54, 1.807) is 0 Å². The summed E-state index contributed by atoms with van der Waals surface area (Å²) >= 11 is 0. The summed E-state index contributed by atoms with van der Waals surface area (Å²) in [6.45, 7) is 4.31. The van der Waals surface area contributed by atoms with Gasteiger partial charge in [-0.3, -0.25) is 4.79 Å². The second kappa shape index (κ2) is 55.7. The Bertz CT molecular complexity index is 925. The minimum Gasteiger partial charge on any atom is -0.394 e. The van der Waals surface area contributed by atoms with Gasteiger partial charge in [0.15, 0.2) is 0 Å². The molecule has 0 aromatic carbocycles. The van der Waals surface area contributed by atoms with Gasteiger partial charge in [0.1, 0.15) is 0 Å². The molecular formula is C60H119NO4. The number of aliphatic hydroxyl groups excluding tert-OH is 3. The van der Waals surface area contributed by atoms with Crippen LogP contribution in [0.25, 0.3) is 0 Å². The Hall–Kier alpha value is -0.910. The van der Waals surface area contributed by atoms with E-state index in [1.807, 2.05) is 0 Å². The molecule has 0 radical (unpaired) electrons. The van der Waals surface area contributed by atoms with Crippen LogP contribution in [0.5, 0.6) is 0 Å². The van der Waals surface area contributed by atoms with Crippen LogP contribution in [0.15, 0.2) is 12.2 Å². The maximum Gasteiger partial charge on any atom is 0.222 e. The van der Waals surface area contributed by atoms with Gasteiger partial charge in [0.2, 0.25) is 5.91 Å². The number of allylic oxidation sites excluding steroid dienone is 2. The Balaban J connectivity index is 3.48. The van der Waals surface area contributed by atoms with Crippen molar-refractivity contribution in [3.8, 4) is 0 Å². The van der Waals surface area contributed by atoms with Crippen LogP contribution in [0.1, 0.15) is 341 Å². The summed E-state index contributed by atoms with van der Waals surface area (Å²) in [4.78, 5) is 12.6. The quantitative estimate of drug-likeness (QED) is 0.0361. The van der Waals surface area contributed by atoms with Gasteiger partial charge in [-0.25, -0.2) is 0 Å². The third kappa shape index (κ3) is 52.3. The van der Waals surface area contributed by atoms with Gasteiger partial charge in [-0.1, -0.05) is 309 Å². The van der Waals surface area contributed by atoms with Crippen molar-refractivity contribution < 1.29 is 20.1 Å². The number of hydrogen-bond donors (Lipinski definition) is 4. The first-order valence-corrected chi connectivity index (χ1v) is 30.0. The van der Waals surface area contributed by atoms with E-state index in [-0.39, 0.29) is 18.9 Å². The van der Waals surface area contributed by atoms with Crippen molar-refractivity contribution in [2.24, 2.45) is 0 Å². The molecule has 0 heterocycles. The Morgan fingerprint density at radius 1 is 0.369 bits per heavy atom. The van der Waals surface area contributed by atoms with Crippen molar-refractivity contribution in [3.05, 3.63) is 12.2 Å². The number of amides is 1. The van der Waals surface area contributed by atoms with Crippen molar-refractivity contribution in [1.82, 2.24) is 5.32 Å². The first-order valence-electron chi connectivity index (χ1n) is 30.0. The lowest BCUT2D eigenvalue weighted by Gasteiger charge is -2.23. The van der Waals surface area contributed by atoms with E-state index in [1.165, 1.54) is 283 Å². The highest BCUT2D eigenvalue weighted by Gasteiger charge is 2.21. The maximum atomic E-state index is 12.6. The number of hydrogen-bond acceptors (Lipinski definition) is 4. The first-order chi connectivity index (χ1) is 32.0. The van der Waals surface area contributed by atoms with E-state index in [4.69, 9.17) is 0 Å². The molecule has 65 heavy (non-hydrogen) atoms. The van der Waals surface area contributed by atoms with Gasteiger partial charge in [-0.05, 0) is 38.5 Å². The summed E-state index contributed by atoms with van der Waals surface area (Å²) in [5.74, 6) is -0.276. The molecule has 3 atom stereocenters. The molecule has 4 N–H and O–H groups in total. The second-order valence-electron chi connectivity index (χ2n) is 21.0. The van der Waals surface area contributed by atoms with Gasteiger partial charge in [-0.2, -0.15) is 0 Å². The Morgan fingerprint density at radius 2 is 0.615 bits per heavy atom. The SMILES string of the molecule is CCCCCCCCCCCCCC/C=C\CCCCCCCCCCCCCCCCC(O)CC(=O)NC(CO)C(O)CCCCCCCCCCCCCCCCCCCCCC. The lowest BCUT2D eigenvalue weighted by atomic mass is 10.0. The largest absolute Gasteiger partial charge is 0.394 e. The van der Waals surface area contributed by atoms with Crippen LogP contribution < -0.4 is 5.32 Å². The molecule has 5 nitrogen and oxygen atoms in total. The van der Waals surface area contributed by atoms with Gasteiger partial charge in [0.05, 0.1) is 31.3 Å². The molecule has 3 unspecified atom stereocenters. The van der Waals surface area contributed by atoms with Gasteiger partial charge < -0.3 is 20.6 Å². The molecule has 0 saturated carbocycles. The summed E-state index contributed by atoms with van der Waals surface area (Å²) in [7, 11) is 0. The van der Waals surface area contributed by atoms with Gasteiger partial charge >= 0.3 is 0 Å². The van der Waals surface area contributed by atoms with Crippen molar-refractivity contribution in [3.63, 3.8) is 0 Å². The minimum absolute atomic E-state index is 0.0411. The van der Waals surface area contributed by atoms with E-state index < -0.39 is 18.2 Å². The molecule has 0 aliphatic rings. The molecule has 0 aliphatic heterocycles. The number of carbonyl (C=O) groups excluding carboxylic acids is 1. The van der Waals surface area contributed by atoms with E-state index in [2.05, 4.69) is 31.3 Å². The monoisotopic (exact) mass is 918 g/mol. The topological polar surface area (TPSA) is 89.8 Å². The normalized spacial score (nSPS) is 13.2. The van der Waals surface area contributed by atoms with Crippen molar-refractivity contribution in [2.45, 2.75) is 360 Å². The average Bonchev–Trinajstić information content (AvgIpc) is 3.30. The number of rotatable bonds is 56. The fourth-order valence-corrected chi connectivity index (χ4v) is 9.76. The highest BCUT2D eigenvalue weighted by molar-refractivity contribution is 5.76. The standard InChI is InChI=1S/C60H119NO4/c1-3-5-7-9-11-13-15-17-19-21-23-25-26-27-28-29-30-31-32-33-34-35-37-39-41-43-45-47-49-51-53-57(63)55-60(65)61-58(56-62)59(64)54-52-50-48-46-44-42-40-38-36-24-22-20-18-16-14-12-10-8-6-4-2/h27-28,57-59,62-64H,3-26,29-56H2,1-2H3,(H,61,65)/b28-27-. The molecule has 0 saturated heterocycles. The van der Waals surface area contributed by atoms with Gasteiger partial charge in [-0.15, -0.1) is 0 Å². The minimum atomic E-state index is -0.747. The van der Waals surface area contributed by atoms with Crippen LogP contribution in [-0.4, -0.2) is 46.1 Å². The second-order valence-corrected chi connectivity index (χ2v) is 21.0. The predicted molar refractivity (Wildman–Crippen MR) is 287 cm³/mol. The van der Waals surface area contributed by atoms with Crippen LogP contribution in [0.2, 0.25) is 0 Å². The fourth-order valence-electron chi connectivity index (χ4n) is 9.76. The number of unbranched alkanes of at least 4 members (excludes halogenated alkanes) is 45. The van der Waals surface area contributed by atoms with Crippen molar-refractivity contribution in [1.29, 1.82) is 0 Å². The highest BCUT2D eigenvalue weighted by atomic mass is 16.3. The average molecular weight is 919 g/mol. The molecule has 0 bridgehead atoms. The third-order valence-corrected chi connectivity index (χ3v) is 14.3. The molecule has 388 valence electrons. The maximum absolute atomic E-state index is 12.6. The predicted octanol–water partition coefficient (Wildman–Crippen LogP) is 18.7. The van der Waals surface area contributed by atoms with Gasteiger partial charge in [0, 0.05) is 0 Å². The third-order valence-electron chi connectivity index (χ3n) is 14.3. The molecule has 5 heteroatoms. The van der Waals surface area contributed by atoms with Gasteiger partial charge in [0.25, 0.3) is 0 Å². The summed E-state index contributed by atoms with van der Waals surface area (Å²) in [5, 5.41) is 33.7. The van der Waals surface area contributed by atoms with Crippen LogP contribution in [0.4, 0.5) is 0 Å². The summed E-state index contributed by atoms with van der Waals surface area (Å²) < 4.78 is 0. The molecule has 0 fully saturated rings. The first kappa shape index (κ1) is 64.1. The zero-order valence-corrected chi connectivity index (χ0v) is 44.4. The zero-order chi connectivity index (χ0) is 47.2. The number of carbonyl (C=O) groups is 1. The lowest BCUT2D eigenvalue weighted by molar-refractivity contribution is -0.125. The number of aliphatic hydroxyl groups is 3. The molecule has 0 aromatic rings. The van der Waals surface area contributed by atoms with E-state index >= 15 is 0 Å². The molecule has 0 aromatic heterocycles. The molecule has 1 amide bonds. The molecule has 0 aliphatic carbocycles. The van der Waals surface area contributed by atoms with Crippen molar-refractivity contribution in [2.75, 3.05) is 6.61 Å². The van der Waals surface area contributed by atoms with Crippen LogP contribution >= 0.6 is 0 Å². The van der Waals surface area contributed by atoms with Crippen LogP contribution in [0, 0.1) is 0 Å². The molecule has 0 spiro atoms. The van der Waals surface area contributed by atoms with Crippen LogP contribution in [0.3, 0.4) is 0 Å². The summed E-state index contributed by atoms with van der Waals surface area (Å²) in [5.41, 5.74) is 0.